The number of likely N-dealkylation sites (tertiary alicyclic amines) is 1. The average Bonchev–Trinajstić information content (AvgIpc) is 3.45. The van der Waals surface area contributed by atoms with Crippen molar-refractivity contribution in [2.75, 3.05) is 24.5 Å². The maximum absolute atomic E-state index is 13.4. The molecule has 4 aromatic rings. The van der Waals surface area contributed by atoms with E-state index in [0.29, 0.717) is 24.4 Å². The van der Waals surface area contributed by atoms with Crippen molar-refractivity contribution in [2.24, 2.45) is 0 Å². The zero-order valence-electron chi connectivity index (χ0n) is 25.5. The first-order chi connectivity index (χ1) is 22.5. The molecule has 2 saturated heterocycles. The molecule has 1 N–H and O–H groups in total. The number of alkyl halides is 3. The Balaban J connectivity index is 1.19. The standard InChI is InChI=1S/C36H33ClF3N3O4/c37-27-10-7-23(8-11-27)18-28(41-35(46)33-21-31(44)29-20-26(36(38,39)40)9-12-32(29)47-33)19-24-13-16-42(17-14-24)30-5-2-1-4-25(30)22-43-15-3-6-34(43)45/h1-2,4-5,7-12,19-21,28H,3,6,13-18,22H2,(H,41,46). The topological polar surface area (TPSA) is 82.9 Å². The van der Waals surface area contributed by atoms with Gasteiger partial charge >= 0.3 is 6.18 Å². The van der Waals surface area contributed by atoms with Crippen LogP contribution in [-0.2, 0) is 23.9 Å². The second-order valence-corrected chi connectivity index (χ2v) is 12.4. The fourth-order valence-electron chi connectivity index (χ4n) is 6.23. The zero-order chi connectivity index (χ0) is 33.1. The van der Waals surface area contributed by atoms with Crippen LogP contribution in [0, 0.1) is 0 Å². The molecule has 1 unspecified atom stereocenters. The van der Waals surface area contributed by atoms with E-state index in [1.807, 2.05) is 35.2 Å². The first kappa shape index (κ1) is 32.4. The van der Waals surface area contributed by atoms with Gasteiger partial charge in [0.25, 0.3) is 5.91 Å². The number of carbonyl (C=O) groups is 2. The quantitative estimate of drug-likeness (QED) is 0.203. The maximum atomic E-state index is 13.4. The predicted octanol–water partition coefficient (Wildman–Crippen LogP) is 7.16. The van der Waals surface area contributed by atoms with Crippen LogP contribution < -0.4 is 15.6 Å². The van der Waals surface area contributed by atoms with Gasteiger partial charge in [0.15, 0.2) is 11.2 Å². The largest absolute Gasteiger partial charge is 0.451 e. The number of carbonyl (C=O) groups excluding carboxylic acids is 2. The first-order valence-electron chi connectivity index (χ1n) is 15.5. The minimum absolute atomic E-state index is 0.106. The third-order valence-corrected chi connectivity index (χ3v) is 8.92. The number of nitrogens with one attached hydrogen (secondary N) is 1. The van der Waals surface area contributed by atoms with E-state index in [0.717, 1.165) is 85.5 Å². The van der Waals surface area contributed by atoms with E-state index in [1.165, 1.54) is 0 Å². The summed E-state index contributed by atoms with van der Waals surface area (Å²) >= 11 is 6.09. The van der Waals surface area contributed by atoms with Crippen LogP contribution in [0.25, 0.3) is 11.0 Å². The third-order valence-electron chi connectivity index (χ3n) is 8.67. The van der Waals surface area contributed by atoms with Crippen LogP contribution >= 0.6 is 11.6 Å². The number of halogens is 4. The van der Waals surface area contributed by atoms with Crippen LogP contribution in [0.15, 0.2) is 93.7 Å². The third kappa shape index (κ3) is 7.71. The highest BCUT2D eigenvalue weighted by Gasteiger charge is 2.31. The van der Waals surface area contributed by atoms with E-state index < -0.39 is 29.1 Å². The second-order valence-electron chi connectivity index (χ2n) is 12.0. The number of fused-ring (bicyclic) bond motifs is 1. The summed E-state index contributed by atoms with van der Waals surface area (Å²) in [6, 6.07) is 18.5. The Morgan fingerprint density at radius 2 is 1.70 bits per heavy atom. The summed E-state index contributed by atoms with van der Waals surface area (Å²) in [4.78, 5) is 42.6. The molecule has 2 amide bonds. The molecule has 3 heterocycles. The Labute approximate surface area is 274 Å². The lowest BCUT2D eigenvalue weighted by Gasteiger charge is -2.33. The summed E-state index contributed by atoms with van der Waals surface area (Å²) in [5.41, 5.74) is 2.51. The molecule has 1 atom stereocenters. The molecular formula is C36H33ClF3N3O4. The van der Waals surface area contributed by atoms with E-state index >= 15 is 0 Å². The van der Waals surface area contributed by atoms with Gasteiger partial charge in [0.2, 0.25) is 5.91 Å². The van der Waals surface area contributed by atoms with Gasteiger partial charge < -0.3 is 19.5 Å². The van der Waals surface area contributed by atoms with Gasteiger partial charge in [-0.05, 0) is 73.2 Å². The number of benzene rings is 3. The van der Waals surface area contributed by atoms with E-state index in [-0.39, 0.29) is 22.6 Å². The number of piperidine rings is 1. The molecule has 244 valence electrons. The molecule has 6 rings (SSSR count). The number of amides is 2. The fourth-order valence-corrected chi connectivity index (χ4v) is 6.35. The number of hydrogen-bond donors (Lipinski definition) is 1. The molecule has 0 saturated carbocycles. The lowest BCUT2D eigenvalue weighted by atomic mass is 9.97. The van der Waals surface area contributed by atoms with Crippen molar-refractivity contribution in [3.05, 3.63) is 122 Å². The molecule has 2 aliphatic heterocycles. The highest BCUT2D eigenvalue weighted by Crippen LogP contribution is 2.31. The minimum Gasteiger partial charge on any atom is -0.451 e. The normalized spacial score (nSPS) is 16.1. The van der Waals surface area contributed by atoms with E-state index in [2.05, 4.69) is 22.3 Å². The molecule has 7 nitrogen and oxygen atoms in total. The van der Waals surface area contributed by atoms with Gasteiger partial charge in [0, 0.05) is 49.4 Å². The van der Waals surface area contributed by atoms with Crippen molar-refractivity contribution in [3.63, 3.8) is 0 Å². The van der Waals surface area contributed by atoms with Gasteiger partial charge in [0.05, 0.1) is 17.0 Å². The Morgan fingerprint density at radius 1 is 0.957 bits per heavy atom. The summed E-state index contributed by atoms with van der Waals surface area (Å²) in [6.07, 6.45) is 0.870. The molecule has 11 heteroatoms. The molecule has 0 aliphatic carbocycles. The molecule has 47 heavy (non-hydrogen) atoms. The Hall–Kier alpha value is -4.57. The molecule has 0 radical (unpaired) electrons. The molecule has 0 bridgehead atoms. The smallest absolute Gasteiger partial charge is 0.416 e. The minimum atomic E-state index is -4.62. The summed E-state index contributed by atoms with van der Waals surface area (Å²) < 4.78 is 45.1. The number of rotatable bonds is 8. The van der Waals surface area contributed by atoms with Crippen molar-refractivity contribution in [3.8, 4) is 0 Å². The number of para-hydroxylation sites is 1. The van der Waals surface area contributed by atoms with Crippen molar-refractivity contribution in [1.29, 1.82) is 0 Å². The van der Waals surface area contributed by atoms with E-state index in [4.69, 9.17) is 16.0 Å². The van der Waals surface area contributed by atoms with E-state index in [9.17, 15) is 27.6 Å². The van der Waals surface area contributed by atoms with Crippen LogP contribution in [0.1, 0.15) is 52.9 Å². The Bertz CT molecular complexity index is 1880. The van der Waals surface area contributed by atoms with Crippen molar-refractivity contribution >= 4 is 40.1 Å². The molecule has 3 aromatic carbocycles. The highest BCUT2D eigenvalue weighted by atomic mass is 35.5. The summed E-state index contributed by atoms with van der Waals surface area (Å²) in [5, 5.41) is 3.29. The average molecular weight is 664 g/mol. The van der Waals surface area contributed by atoms with Crippen molar-refractivity contribution < 1.29 is 27.2 Å². The van der Waals surface area contributed by atoms with Crippen LogP contribution in [0.3, 0.4) is 0 Å². The molecule has 2 fully saturated rings. The Morgan fingerprint density at radius 3 is 2.40 bits per heavy atom. The van der Waals surface area contributed by atoms with Gasteiger partial charge in [-0.25, -0.2) is 0 Å². The molecule has 1 aromatic heterocycles. The van der Waals surface area contributed by atoms with Gasteiger partial charge in [-0.1, -0.05) is 53.6 Å². The fraction of sp³-hybridized carbons (Fsp3) is 0.306. The summed E-state index contributed by atoms with van der Waals surface area (Å²) in [6.45, 7) is 2.90. The molecule has 2 aliphatic rings. The second kappa shape index (κ2) is 13.7. The summed E-state index contributed by atoms with van der Waals surface area (Å²) in [5.74, 6) is -0.747. The van der Waals surface area contributed by atoms with Crippen molar-refractivity contribution in [1.82, 2.24) is 10.2 Å². The molecule has 0 spiro atoms. The highest BCUT2D eigenvalue weighted by molar-refractivity contribution is 6.30. The lowest BCUT2D eigenvalue weighted by molar-refractivity contribution is -0.137. The van der Waals surface area contributed by atoms with Crippen LogP contribution in [0.2, 0.25) is 5.02 Å². The summed E-state index contributed by atoms with van der Waals surface area (Å²) in [7, 11) is 0. The maximum Gasteiger partial charge on any atom is 0.416 e. The zero-order valence-corrected chi connectivity index (χ0v) is 26.2. The van der Waals surface area contributed by atoms with Gasteiger partial charge in [0.1, 0.15) is 5.58 Å². The Kier molecular flexibility index (Phi) is 9.40. The monoisotopic (exact) mass is 663 g/mol. The van der Waals surface area contributed by atoms with Gasteiger partial charge in [-0.15, -0.1) is 0 Å². The number of nitrogens with zero attached hydrogens (tertiary/aromatic N) is 2. The molecular weight excluding hydrogens is 631 g/mol. The lowest BCUT2D eigenvalue weighted by Crippen LogP contribution is -2.37. The van der Waals surface area contributed by atoms with Gasteiger partial charge in [-0.2, -0.15) is 13.2 Å². The van der Waals surface area contributed by atoms with Crippen LogP contribution in [0.5, 0.6) is 0 Å². The number of hydrogen-bond acceptors (Lipinski definition) is 5. The first-order valence-corrected chi connectivity index (χ1v) is 15.9. The van der Waals surface area contributed by atoms with Gasteiger partial charge in [-0.3, -0.25) is 14.4 Å². The van der Waals surface area contributed by atoms with Crippen LogP contribution in [0.4, 0.5) is 18.9 Å². The number of anilines is 1. The van der Waals surface area contributed by atoms with Crippen molar-refractivity contribution in [2.45, 2.75) is 50.9 Å². The van der Waals surface area contributed by atoms with E-state index in [1.54, 1.807) is 12.1 Å². The SMILES string of the molecule is O=C(NC(C=C1CCN(c2ccccc2CN2CCCC2=O)CC1)Cc1ccc(Cl)cc1)c1cc(=O)c2cc(C(F)(F)F)ccc2o1. The van der Waals surface area contributed by atoms with Crippen LogP contribution in [-0.4, -0.2) is 42.4 Å². The predicted molar refractivity (Wildman–Crippen MR) is 175 cm³/mol.